The third-order valence-corrected chi connectivity index (χ3v) is 4.26. The number of nitrogens with zero attached hydrogens (tertiary/aromatic N) is 1. The van der Waals surface area contributed by atoms with Gasteiger partial charge >= 0.3 is 0 Å². The van der Waals surface area contributed by atoms with Crippen LogP contribution in [-0.4, -0.2) is 24.0 Å². The van der Waals surface area contributed by atoms with Crippen molar-refractivity contribution in [3.63, 3.8) is 0 Å². The van der Waals surface area contributed by atoms with E-state index in [2.05, 4.69) is 15.6 Å². The summed E-state index contributed by atoms with van der Waals surface area (Å²) in [6, 6.07) is 13.6. The lowest BCUT2D eigenvalue weighted by Gasteiger charge is -2.18. The zero-order valence-electron chi connectivity index (χ0n) is 14.7. The molecule has 1 aliphatic heterocycles. The highest BCUT2D eigenvalue weighted by Crippen LogP contribution is 2.21. The molecule has 0 aliphatic carbocycles. The Kier molecular flexibility index (Phi) is 9.41. The normalized spacial score (nSPS) is 16.7. The number of nitrogens with one attached hydrogen (secondary N) is 2. The molecule has 1 fully saturated rings. The van der Waals surface area contributed by atoms with Gasteiger partial charge in [0.2, 0.25) is 5.91 Å². The molecule has 7 heteroatoms. The molecule has 1 aliphatic rings. The highest BCUT2D eigenvalue weighted by molar-refractivity contribution is 5.85. The van der Waals surface area contributed by atoms with Crippen LogP contribution in [0.5, 0.6) is 5.75 Å². The minimum absolute atomic E-state index is 0. The fourth-order valence-electron chi connectivity index (χ4n) is 2.81. The smallest absolute Gasteiger partial charge is 0.224 e. The lowest BCUT2D eigenvalue weighted by atomic mass is 10.0. The zero-order valence-corrected chi connectivity index (χ0v) is 16.3. The second-order valence-corrected chi connectivity index (χ2v) is 6.10. The van der Waals surface area contributed by atoms with E-state index in [9.17, 15) is 4.79 Å². The number of benzene rings is 1. The highest BCUT2D eigenvalue weighted by Gasteiger charge is 2.23. The molecule has 0 spiro atoms. The van der Waals surface area contributed by atoms with Crippen LogP contribution in [0.25, 0.3) is 0 Å². The number of hydrogen-bond donors (Lipinski definition) is 2. The van der Waals surface area contributed by atoms with Crippen LogP contribution in [0.4, 0.5) is 0 Å². The third kappa shape index (κ3) is 6.16. The molecule has 142 valence electrons. The zero-order chi connectivity index (χ0) is 16.8. The lowest BCUT2D eigenvalue weighted by molar-refractivity contribution is -0.125. The number of carbonyl (C=O) groups is 1. The van der Waals surface area contributed by atoms with Crippen molar-refractivity contribution in [3.8, 4) is 5.75 Å². The molecule has 1 saturated heterocycles. The molecule has 3 rings (SSSR count). The standard InChI is InChI=1S/C19H23N3O2.2ClH/c1-14(22-19(23)16-8-10-20-12-16)15-5-4-7-18(11-15)24-13-17-6-2-3-9-21-17;;/h2-7,9,11,14,16,20H,8,10,12-13H2,1H3,(H,22,23);2*1H. The summed E-state index contributed by atoms with van der Waals surface area (Å²) < 4.78 is 5.80. The van der Waals surface area contributed by atoms with Crippen molar-refractivity contribution >= 4 is 30.7 Å². The summed E-state index contributed by atoms with van der Waals surface area (Å²) in [6.07, 6.45) is 2.66. The summed E-state index contributed by atoms with van der Waals surface area (Å²) in [6.45, 7) is 4.12. The summed E-state index contributed by atoms with van der Waals surface area (Å²) >= 11 is 0. The highest BCUT2D eigenvalue weighted by atomic mass is 35.5. The van der Waals surface area contributed by atoms with Crippen molar-refractivity contribution < 1.29 is 9.53 Å². The molecule has 0 radical (unpaired) electrons. The number of ether oxygens (including phenoxy) is 1. The Bertz CT molecular complexity index is 679. The van der Waals surface area contributed by atoms with Crippen molar-refractivity contribution in [1.29, 1.82) is 0 Å². The van der Waals surface area contributed by atoms with E-state index in [0.717, 1.165) is 36.5 Å². The first kappa shape index (κ1) is 22.2. The van der Waals surface area contributed by atoms with Gasteiger partial charge in [-0.05, 0) is 49.7 Å². The van der Waals surface area contributed by atoms with E-state index < -0.39 is 0 Å². The Hall–Kier alpha value is -1.82. The SMILES string of the molecule is CC(NC(=O)C1CCNC1)c1cccc(OCc2ccccn2)c1.Cl.Cl. The van der Waals surface area contributed by atoms with Gasteiger partial charge in [0.25, 0.3) is 0 Å². The molecule has 2 heterocycles. The van der Waals surface area contributed by atoms with E-state index in [1.54, 1.807) is 6.20 Å². The number of halogens is 2. The fraction of sp³-hybridized carbons (Fsp3) is 0.368. The van der Waals surface area contributed by atoms with Gasteiger partial charge in [-0.15, -0.1) is 24.8 Å². The van der Waals surface area contributed by atoms with Gasteiger partial charge in [0, 0.05) is 12.7 Å². The Morgan fingerprint density at radius 3 is 2.85 bits per heavy atom. The van der Waals surface area contributed by atoms with Gasteiger partial charge in [-0.2, -0.15) is 0 Å². The summed E-state index contributed by atoms with van der Waals surface area (Å²) in [7, 11) is 0. The van der Waals surface area contributed by atoms with E-state index in [1.165, 1.54) is 0 Å². The van der Waals surface area contributed by atoms with Crippen LogP contribution in [-0.2, 0) is 11.4 Å². The summed E-state index contributed by atoms with van der Waals surface area (Å²) in [4.78, 5) is 16.5. The molecule has 1 aromatic heterocycles. The van der Waals surface area contributed by atoms with Gasteiger partial charge in [-0.1, -0.05) is 18.2 Å². The molecule has 5 nitrogen and oxygen atoms in total. The van der Waals surface area contributed by atoms with E-state index in [1.807, 2.05) is 49.4 Å². The minimum Gasteiger partial charge on any atom is -0.487 e. The summed E-state index contributed by atoms with van der Waals surface area (Å²) in [5.74, 6) is 0.977. The predicted octanol–water partition coefficient (Wildman–Crippen LogP) is 3.29. The number of pyridine rings is 1. The average Bonchev–Trinajstić information content (AvgIpc) is 3.16. The second kappa shape index (κ2) is 11.0. The maximum Gasteiger partial charge on any atom is 0.224 e. The molecule has 2 atom stereocenters. The largest absolute Gasteiger partial charge is 0.487 e. The number of carbonyl (C=O) groups excluding carboxylic acids is 1. The Labute approximate surface area is 166 Å². The van der Waals surface area contributed by atoms with Crippen LogP contribution >= 0.6 is 24.8 Å². The molecule has 1 aromatic carbocycles. The van der Waals surface area contributed by atoms with E-state index in [4.69, 9.17) is 4.74 Å². The first-order valence-corrected chi connectivity index (χ1v) is 8.36. The van der Waals surface area contributed by atoms with Crippen LogP contribution in [0, 0.1) is 5.92 Å². The van der Waals surface area contributed by atoms with E-state index in [-0.39, 0.29) is 42.7 Å². The van der Waals surface area contributed by atoms with Gasteiger partial charge in [0.05, 0.1) is 17.7 Å². The second-order valence-electron chi connectivity index (χ2n) is 6.10. The lowest BCUT2D eigenvalue weighted by Crippen LogP contribution is -2.33. The molecule has 0 bridgehead atoms. The Morgan fingerprint density at radius 2 is 2.15 bits per heavy atom. The minimum atomic E-state index is -0.0449. The fourth-order valence-corrected chi connectivity index (χ4v) is 2.81. The Balaban J connectivity index is 0.00000169. The van der Waals surface area contributed by atoms with Gasteiger partial charge < -0.3 is 15.4 Å². The van der Waals surface area contributed by atoms with E-state index in [0.29, 0.717) is 6.61 Å². The third-order valence-electron chi connectivity index (χ3n) is 4.26. The summed E-state index contributed by atoms with van der Waals surface area (Å²) in [5, 5.41) is 6.31. The molecule has 2 N–H and O–H groups in total. The first-order chi connectivity index (χ1) is 11.7. The quantitative estimate of drug-likeness (QED) is 0.784. The summed E-state index contributed by atoms with van der Waals surface area (Å²) in [5.41, 5.74) is 1.92. The van der Waals surface area contributed by atoms with Gasteiger partial charge in [-0.3, -0.25) is 9.78 Å². The van der Waals surface area contributed by atoms with Crippen LogP contribution in [0.2, 0.25) is 0 Å². The topological polar surface area (TPSA) is 63.2 Å². The molecule has 26 heavy (non-hydrogen) atoms. The van der Waals surface area contributed by atoms with Crippen molar-refractivity contribution in [2.75, 3.05) is 13.1 Å². The molecule has 2 unspecified atom stereocenters. The number of hydrogen-bond acceptors (Lipinski definition) is 4. The maximum atomic E-state index is 12.2. The number of rotatable bonds is 6. The van der Waals surface area contributed by atoms with Crippen molar-refractivity contribution in [2.24, 2.45) is 5.92 Å². The molecular weight excluding hydrogens is 373 g/mol. The Morgan fingerprint density at radius 1 is 1.31 bits per heavy atom. The van der Waals surface area contributed by atoms with Crippen molar-refractivity contribution in [2.45, 2.75) is 26.0 Å². The predicted molar refractivity (Wildman–Crippen MR) is 107 cm³/mol. The van der Waals surface area contributed by atoms with Gasteiger partial charge in [0.1, 0.15) is 12.4 Å². The molecule has 1 amide bonds. The first-order valence-electron chi connectivity index (χ1n) is 8.36. The van der Waals surface area contributed by atoms with Crippen molar-refractivity contribution in [1.82, 2.24) is 15.6 Å². The molecule has 2 aromatic rings. The average molecular weight is 398 g/mol. The van der Waals surface area contributed by atoms with Crippen LogP contribution in [0.3, 0.4) is 0 Å². The van der Waals surface area contributed by atoms with Crippen molar-refractivity contribution in [3.05, 3.63) is 59.9 Å². The van der Waals surface area contributed by atoms with Gasteiger partial charge in [0.15, 0.2) is 0 Å². The number of aromatic nitrogens is 1. The van der Waals surface area contributed by atoms with Gasteiger partial charge in [-0.25, -0.2) is 0 Å². The van der Waals surface area contributed by atoms with E-state index >= 15 is 0 Å². The maximum absolute atomic E-state index is 12.2. The monoisotopic (exact) mass is 397 g/mol. The number of amides is 1. The van der Waals surface area contributed by atoms with Crippen LogP contribution in [0.15, 0.2) is 48.7 Å². The van der Waals surface area contributed by atoms with Crippen LogP contribution < -0.4 is 15.4 Å². The molecular formula is C19H25Cl2N3O2. The molecule has 0 saturated carbocycles. The van der Waals surface area contributed by atoms with Crippen LogP contribution in [0.1, 0.15) is 30.6 Å².